The third kappa shape index (κ3) is 2.81. The smallest absolute Gasteiger partial charge is 0.159 e. The Bertz CT molecular complexity index is 502. The Hall–Kier alpha value is -1.45. The van der Waals surface area contributed by atoms with E-state index >= 15 is 0 Å². The number of nitrogens with zero attached hydrogens (tertiary/aromatic N) is 2. The topological polar surface area (TPSA) is 35.0 Å². The van der Waals surface area contributed by atoms with Gasteiger partial charge in [-0.25, -0.2) is 9.97 Å². The molecular weight excluding hydrogens is 236 g/mol. The van der Waals surface area contributed by atoms with Gasteiger partial charge in [-0.05, 0) is 6.92 Å². The number of halogens is 1. The molecule has 2 aromatic rings. The molecule has 17 heavy (non-hydrogen) atoms. The van der Waals surface area contributed by atoms with Gasteiger partial charge in [-0.2, -0.15) is 0 Å². The number of benzene rings is 1. The molecule has 0 saturated carbocycles. The van der Waals surface area contributed by atoms with Gasteiger partial charge in [0.15, 0.2) is 5.82 Å². The largest absolute Gasteiger partial charge is 0.374 e. The maximum atomic E-state index is 5.99. The van der Waals surface area contributed by atoms with E-state index in [1.807, 2.05) is 37.3 Å². The molecule has 88 valence electrons. The van der Waals surface area contributed by atoms with Crippen molar-refractivity contribution in [3.05, 3.63) is 47.4 Å². The average molecular weight is 249 g/mol. The Morgan fingerprint density at radius 2 is 1.88 bits per heavy atom. The van der Waals surface area contributed by atoms with E-state index in [4.69, 9.17) is 16.3 Å². The van der Waals surface area contributed by atoms with Crippen molar-refractivity contribution >= 4 is 11.6 Å². The molecule has 0 spiro atoms. The van der Waals surface area contributed by atoms with Crippen molar-refractivity contribution in [3.63, 3.8) is 0 Å². The molecule has 0 N–H and O–H groups in total. The first-order chi connectivity index (χ1) is 8.20. The van der Waals surface area contributed by atoms with Crippen molar-refractivity contribution in [1.29, 1.82) is 0 Å². The van der Waals surface area contributed by atoms with Crippen LogP contribution in [0.4, 0.5) is 0 Å². The molecule has 1 aromatic heterocycles. The molecule has 4 heteroatoms. The molecule has 0 fully saturated rings. The molecule has 1 unspecified atom stereocenters. The fourth-order valence-electron chi connectivity index (χ4n) is 1.48. The van der Waals surface area contributed by atoms with Crippen LogP contribution in [-0.2, 0) is 4.74 Å². The van der Waals surface area contributed by atoms with Crippen LogP contribution in [-0.4, -0.2) is 17.1 Å². The number of hydrogen-bond donors (Lipinski definition) is 0. The zero-order valence-electron chi connectivity index (χ0n) is 9.72. The van der Waals surface area contributed by atoms with E-state index < -0.39 is 0 Å². The van der Waals surface area contributed by atoms with Gasteiger partial charge >= 0.3 is 0 Å². The highest BCUT2D eigenvalue weighted by atomic mass is 35.5. The Labute approximate surface area is 105 Å². The minimum Gasteiger partial charge on any atom is -0.374 e. The second-order valence-electron chi connectivity index (χ2n) is 3.68. The minimum atomic E-state index is -0.170. The first kappa shape index (κ1) is 12.0. The second kappa shape index (κ2) is 5.25. The van der Waals surface area contributed by atoms with Crippen LogP contribution in [0.15, 0.2) is 36.4 Å². The Morgan fingerprint density at radius 3 is 2.53 bits per heavy atom. The predicted molar refractivity (Wildman–Crippen MR) is 67.9 cm³/mol. The molecule has 0 saturated heterocycles. The summed E-state index contributed by atoms with van der Waals surface area (Å²) in [4.78, 5) is 8.61. The summed E-state index contributed by atoms with van der Waals surface area (Å²) in [6, 6.07) is 11.6. The van der Waals surface area contributed by atoms with Gasteiger partial charge in [0.1, 0.15) is 11.3 Å². The summed E-state index contributed by atoms with van der Waals surface area (Å²) in [5, 5.41) is 0.428. The Morgan fingerprint density at radius 1 is 1.18 bits per heavy atom. The van der Waals surface area contributed by atoms with E-state index in [0.29, 0.717) is 11.0 Å². The summed E-state index contributed by atoms with van der Waals surface area (Å²) in [6.07, 6.45) is -0.170. The molecule has 0 aliphatic carbocycles. The van der Waals surface area contributed by atoms with Crippen molar-refractivity contribution in [2.45, 2.75) is 13.0 Å². The molecule has 1 heterocycles. The monoisotopic (exact) mass is 248 g/mol. The summed E-state index contributed by atoms with van der Waals surface area (Å²) in [5.74, 6) is 0.596. The predicted octanol–water partition coefficient (Wildman–Crippen LogP) is 3.50. The van der Waals surface area contributed by atoms with Gasteiger partial charge in [0.05, 0.1) is 5.69 Å². The van der Waals surface area contributed by atoms with Crippen LogP contribution in [0.1, 0.15) is 18.9 Å². The van der Waals surface area contributed by atoms with E-state index in [0.717, 1.165) is 11.3 Å². The molecule has 0 aliphatic heterocycles. The van der Waals surface area contributed by atoms with E-state index in [9.17, 15) is 0 Å². The molecule has 1 atom stereocenters. The van der Waals surface area contributed by atoms with Gasteiger partial charge in [0, 0.05) is 18.7 Å². The van der Waals surface area contributed by atoms with Crippen LogP contribution < -0.4 is 0 Å². The quantitative estimate of drug-likeness (QED) is 0.780. The van der Waals surface area contributed by atoms with E-state index in [-0.39, 0.29) is 6.10 Å². The first-order valence-corrected chi connectivity index (χ1v) is 5.71. The normalized spacial score (nSPS) is 12.4. The highest BCUT2D eigenvalue weighted by Gasteiger charge is 2.11. The Balaban J connectivity index is 2.45. The lowest BCUT2D eigenvalue weighted by Gasteiger charge is -2.10. The number of ether oxygens (including phenoxy) is 1. The standard InChI is InChI=1S/C13H13ClN2O/c1-9(17-2)13-15-11(8-12(14)16-13)10-6-4-3-5-7-10/h3-9H,1-2H3. The molecule has 0 radical (unpaired) electrons. The average Bonchev–Trinajstić information content (AvgIpc) is 2.38. The highest BCUT2D eigenvalue weighted by Crippen LogP contribution is 2.22. The summed E-state index contributed by atoms with van der Waals surface area (Å²) >= 11 is 5.99. The summed E-state index contributed by atoms with van der Waals surface area (Å²) in [5.41, 5.74) is 1.82. The summed E-state index contributed by atoms with van der Waals surface area (Å²) < 4.78 is 5.20. The summed E-state index contributed by atoms with van der Waals surface area (Å²) in [6.45, 7) is 1.89. The van der Waals surface area contributed by atoms with Gasteiger partial charge in [-0.15, -0.1) is 0 Å². The first-order valence-electron chi connectivity index (χ1n) is 5.33. The van der Waals surface area contributed by atoms with Gasteiger partial charge < -0.3 is 4.74 Å². The second-order valence-corrected chi connectivity index (χ2v) is 4.07. The third-order valence-corrected chi connectivity index (χ3v) is 2.69. The van der Waals surface area contributed by atoms with Crippen molar-refractivity contribution < 1.29 is 4.74 Å². The molecule has 2 rings (SSSR count). The SMILES string of the molecule is COC(C)c1nc(Cl)cc(-c2ccccc2)n1. The fraction of sp³-hybridized carbons (Fsp3) is 0.231. The zero-order valence-corrected chi connectivity index (χ0v) is 10.5. The molecule has 0 bridgehead atoms. The van der Waals surface area contributed by atoms with Gasteiger partial charge in [0.25, 0.3) is 0 Å². The lowest BCUT2D eigenvalue weighted by Crippen LogP contribution is -2.04. The molecule has 0 aliphatic rings. The number of methoxy groups -OCH3 is 1. The number of rotatable bonds is 3. The fourth-order valence-corrected chi connectivity index (χ4v) is 1.67. The number of hydrogen-bond acceptors (Lipinski definition) is 3. The van der Waals surface area contributed by atoms with Crippen LogP contribution in [0.2, 0.25) is 5.15 Å². The van der Waals surface area contributed by atoms with Crippen LogP contribution in [0.25, 0.3) is 11.3 Å². The summed E-state index contributed by atoms with van der Waals surface area (Å²) in [7, 11) is 1.62. The highest BCUT2D eigenvalue weighted by molar-refractivity contribution is 6.29. The minimum absolute atomic E-state index is 0.170. The van der Waals surface area contributed by atoms with Crippen molar-refractivity contribution in [3.8, 4) is 11.3 Å². The maximum Gasteiger partial charge on any atom is 0.159 e. The van der Waals surface area contributed by atoms with Crippen LogP contribution in [0.5, 0.6) is 0 Å². The van der Waals surface area contributed by atoms with E-state index in [1.54, 1.807) is 13.2 Å². The van der Waals surface area contributed by atoms with Crippen molar-refractivity contribution in [2.24, 2.45) is 0 Å². The van der Waals surface area contributed by atoms with E-state index in [1.165, 1.54) is 0 Å². The Kier molecular flexibility index (Phi) is 3.71. The van der Waals surface area contributed by atoms with Crippen LogP contribution >= 0.6 is 11.6 Å². The molecule has 1 aromatic carbocycles. The maximum absolute atomic E-state index is 5.99. The van der Waals surface area contributed by atoms with Crippen molar-refractivity contribution in [1.82, 2.24) is 9.97 Å². The van der Waals surface area contributed by atoms with Crippen LogP contribution in [0.3, 0.4) is 0 Å². The molecule has 3 nitrogen and oxygen atoms in total. The number of aromatic nitrogens is 2. The third-order valence-electron chi connectivity index (χ3n) is 2.50. The zero-order chi connectivity index (χ0) is 12.3. The van der Waals surface area contributed by atoms with Gasteiger partial charge in [-0.3, -0.25) is 0 Å². The van der Waals surface area contributed by atoms with Crippen molar-refractivity contribution in [2.75, 3.05) is 7.11 Å². The van der Waals surface area contributed by atoms with Gasteiger partial charge in [-0.1, -0.05) is 41.9 Å². The van der Waals surface area contributed by atoms with E-state index in [2.05, 4.69) is 9.97 Å². The molecule has 0 amide bonds. The lowest BCUT2D eigenvalue weighted by molar-refractivity contribution is 0.112. The lowest BCUT2D eigenvalue weighted by atomic mass is 10.1. The van der Waals surface area contributed by atoms with Gasteiger partial charge in [0.2, 0.25) is 0 Å². The molecular formula is C13H13ClN2O. The van der Waals surface area contributed by atoms with Crippen LogP contribution in [0, 0.1) is 0 Å².